The van der Waals surface area contributed by atoms with E-state index in [1.165, 1.54) is 18.4 Å². The van der Waals surface area contributed by atoms with Crippen molar-refractivity contribution >= 4 is 50.6 Å². The molecular weight excluding hydrogens is 388 g/mol. The SMILES string of the molecule is COC(=O)c1sc2nccc3c2c1NC(=O)N3c1ccnc(-c2ccccc2)c1. The van der Waals surface area contributed by atoms with Gasteiger partial charge in [0.15, 0.2) is 0 Å². The molecule has 3 aromatic heterocycles. The van der Waals surface area contributed by atoms with Gasteiger partial charge < -0.3 is 10.1 Å². The fraction of sp³-hybridized carbons (Fsp3) is 0.0476. The number of methoxy groups -OCH3 is 1. The summed E-state index contributed by atoms with van der Waals surface area (Å²) in [5.74, 6) is -0.502. The maximum absolute atomic E-state index is 13.0. The number of esters is 1. The van der Waals surface area contributed by atoms with Gasteiger partial charge in [0.2, 0.25) is 0 Å². The number of urea groups is 1. The van der Waals surface area contributed by atoms with Crippen molar-refractivity contribution in [2.24, 2.45) is 0 Å². The van der Waals surface area contributed by atoms with Crippen LogP contribution in [0.25, 0.3) is 21.5 Å². The predicted molar refractivity (Wildman–Crippen MR) is 112 cm³/mol. The Morgan fingerprint density at radius 2 is 1.90 bits per heavy atom. The van der Waals surface area contributed by atoms with Gasteiger partial charge in [-0.2, -0.15) is 0 Å². The number of nitrogens with zero attached hydrogens (tertiary/aromatic N) is 3. The summed E-state index contributed by atoms with van der Waals surface area (Å²) >= 11 is 1.20. The second-order valence-electron chi connectivity index (χ2n) is 6.34. The summed E-state index contributed by atoms with van der Waals surface area (Å²) in [6.07, 6.45) is 3.30. The van der Waals surface area contributed by atoms with Crippen molar-refractivity contribution in [2.45, 2.75) is 0 Å². The second-order valence-corrected chi connectivity index (χ2v) is 7.34. The molecule has 4 aromatic rings. The molecule has 2 amide bonds. The summed E-state index contributed by atoms with van der Waals surface area (Å²) in [7, 11) is 1.31. The standard InChI is InChI=1S/C21H14N4O3S/c1-28-20(26)18-17-16-15(8-10-23-19(16)29-18)25(21(27)24-17)13-7-9-22-14(11-13)12-5-3-2-4-6-12/h2-11H,1H3,(H,24,27). The second kappa shape index (κ2) is 6.68. The number of rotatable bonds is 3. The Hall–Kier alpha value is -3.78. The maximum Gasteiger partial charge on any atom is 0.350 e. The van der Waals surface area contributed by atoms with E-state index >= 15 is 0 Å². The van der Waals surface area contributed by atoms with Crippen molar-refractivity contribution in [3.05, 3.63) is 65.8 Å². The Morgan fingerprint density at radius 1 is 1.10 bits per heavy atom. The first kappa shape index (κ1) is 17.3. The molecule has 0 atom stereocenters. The van der Waals surface area contributed by atoms with Crippen LogP contribution in [0.15, 0.2) is 60.9 Å². The number of hydrogen-bond acceptors (Lipinski definition) is 6. The molecule has 8 heteroatoms. The lowest BCUT2D eigenvalue weighted by molar-refractivity contribution is 0.0607. The highest BCUT2D eigenvalue weighted by molar-refractivity contribution is 7.21. The summed E-state index contributed by atoms with van der Waals surface area (Å²) in [5, 5.41) is 3.55. The molecule has 29 heavy (non-hydrogen) atoms. The van der Waals surface area contributed by atoms with E-state index in [1.807, 2.05) is 36.4 Å². The summed E-state index contributed by atoms with van der Waals surface area (Å²) in [5.41, 5.74) is 3.48. The Balaban J connectivity index is 1.68. The molecule has 1 aliphatic heterocycles. The van der Waals surface area contributed by atoms with Gasteiger partial charge in [0.05, 0.1) is 35.3 Å². The fourth-order valence-electron chi connectivity index (χ4n) is 3.40. The van der Waals surface area contributed by atoms with Crippen LogP contribution in [0.4, 0.5) is 21.9 Å². The van der Waals surface area contributed by atoms with Gasteiger partial charge in [0.1, 0.15) is 9.71 Å². The number of hydrogen-bond donors (Lipinski definition) is 1. The highest BCUT2D eigenvalue weighted by atomic mass is 32.1. The maximum atomic E-state index is 13.0. The van der Waals surface area contributed by atoms with Gasteiger partial charge in [-0.3, -0.25) is 9.88 Å². The molecule has 0 spiro atoms. The van der Waals surface area contributed by atoms with Gasteiger partial charge >= 0.3 is 12.0 Å². The number of benzene rings is 1. The molecule has 0 aliphatic carbocycles. The first-order chi connectivity index (χ1) is 14.2. The van der Waals surface area contributed by atoms with E-state index in [0.29, 0.717) is 26.8 Å². The molecule has 0 saturated carbocycles. The molecule has 7 nitrogen and oxygen atoms in total. The molecule has 1 aromatic carbocycles. The van der Waals surface area contributed by atoms with E-state index < -0.39 is 5.97 Å². The highest BCUT2D eigenvalue weighted by Gasteiger charge is 2.33. The van der Waals surface area contributed by atoms with Crippen LogP contribution in [0.2, 0.25) is 0 Å². The number of aromatic nitrogens is 2. The van der Waals surface area contributed by atoms with Crippen molar-refractivity contribution in [3.63, 3.8) is 0 Å². The third-order valence-electron chi connectivity index (χ3n) is 4.69. The minimum atomic E-state index is -0.502. The summed E-state index contributed by atoms with van der Waals surface area (Å²) in [4.78, 5) is 36.5. The van der Waals surface area contributed by atoms with E-state index in [9.17, 15) is 9.59 Å². The first-order valence-corrected chi connectivity index (χ1v) is 9.61. The number of anilines is 3. The van der Waals surface area contributed by atoms with Crippen LogP contribution in [0.1, 0.15) is 9.67 Å². The number of amides is 2. The molecule has 1 N–H and O–H groups in total. The smallest absolute Gasteiger partial charge is 0.350 e. The van der Waals surface area contributed by atoms with Crippen molar-refractivity contribution in [1.29, 1.82) is 0 Å². The van der Waals surface area contributed by atoms with Gasteiger partial charge in [-0.05, 0) is 18.2 Å². The van der Waals surface area contributed by atoms with E-state index in [-0.39, 0.29) is 6.03 Å². The van der Waals surface area contributed by atoms with E-state index in [4.69, 9.17) is 4.74 Å². The van der Waals surface area contributed by atoms with Gasteiger partial charge in [-0.1, -0.05) is 30.3 Å². The molecule has 0 bridgehead atoms. The normalized spacial score (nSPS) is 12.7. The first-order valence-electron chi connectivity index (χ1n) is 8.80. The molecule has 4 heterocycles. The molecule has 0 fully saturated rings. The number of thiophene rings is 1. The van der Waals surface area contributed by atoms with Crippen LogP contribution in [0, 0.1) is 0 Å². The van der Waals surface area contributed by atoms with Gasteiger partial charge in [0.25, 0.3) is 0 Å². The Morgan fingerprint density at radius 3 is 2.69 bits per heavy atom. The zero-order valence-electron chi connectivity index (χ0n) is 15.2. The average Bonchev–Trinajstić information content (AvgIpc) is 3.13. The van der Waals surface area contributed by atoms with Crippen LogP contribution >= 0.6 is 11.3 Å². The van der Waals surface area contributed by atoms with E-state index in [1.54, 1.807) is 29.4 Å². The molecule has 1 aliphatic rings. The van der Waals surface area contributed by atoms with Crippen molar-refractivity contribution < 1.29 is 14.3 Å². The quantitative estimate of drug-likeness (QED) is 0.496. The lowest BCUT2D eigenvalue weighted by atomic mass is 10.1. The van der Waals surface area contributed by atoms with Crippen LogP contribution in [-0.2, 0) is 4.74 Å². The number of nitrogens with one attached hydrogen (secondary N) is 1. The summed E-state index contributed by atoms with van der Waals surface area (Å²) in [6, 6.07) is 14.8. The largest absolute Gasteiger partial charge is 0.465 e. The average molecular weight is 402 g/mol. The topological polar surface area (TPSA) is 84.4 Å². The molecule has 142 valence electrons. The van der Waals surface area contributed by atoms with Gasteiger partial charge in [0, 0.05) is 18.0 Å². The Kier molecular flexibility index (Phi) is 3.99. The van der Waals surface area contributed by atoms with Crippen molar-refractivity contribution in [2.75, 3.05) is 17.3 Å². The molecule has 5 rings (SSSR count). The Labute approximate surface area is 169 Å². The monoisotopic (exact) mass is 402 g/mol. The van der Waals surface area contributed by atoms with Crippen LogP contribution < -0.4 is 10.2 Å². The Bertz CT molecular complexity index is 1270. The number of pyridine rings is 2. The minimum absolute atomic E-state index is 0.329. The van der Waals surface area contributed by atoms with E-state index in [0.717, 1.165) is 16.6 Å². The summed E-state index contributed by atoms with van der Waals surface area (Å²) < 4.78 is 4.85. The molecular formula is C21H14N4O3S. The van der Waals surface area contributed by atoms with Gasteiger partial charge in [-0.15, -0.1) is 11.3 Å². The molecule has 0 radical (unpaired) electrons. The van der Waals surface area contributed by atoms with Crippen molar-refractivity contribution in [1.82, 2.24) is 9.97 Å². The van der Waals surface area contributed by atoms with Crippen LogP contribution in [-0.4, -0.2) is 29.1 Å². The molecule has 0 unspecified atom stereocenters. The summed E-state index contributed by atoms with van der Waals surface area (Å²) in [6.45, 7) is 0. The highest BCUT2D eigenvalue weighted by Crippen LogP contribution is 2.46. The van der Waals surface area contributed by atoms with Crippen molar-refractivity contribution in [3.8, 4) is 11.3 Å². The number of carbonyl (C=O) groups is 2. The number of carbonyl (C=O) groups excluding carboxylic acids is 2. The minimum Gasteiger partial charge on any atom is -0.465 e. The van der Waals surface area contributed by atoms with Gasteiger partial charge in [-0.25, -0.2) is 14.6 Å². The zero-order valence-corrected chi connectivity index (χ0v) is 16.1. The lowest BCUT2D eigenvalue weighted by Gasteiger charge is -2.28. The zero-order chi connectivity index (χ0) is 20.0. The molecule has 0 saturated heterocycles. The van der Waals surface area contributed by atoms with Crippen LogP contribution in [0.5, 0.6) is 0 Å². The fourth-order valence-corrected chi connectivity index (χ4v) is 4.44. The third kappa shape index (κ3) is 2.73. The predicted octanol–water partition coefficient (Wildman–Crippen LogP) is 4.83. The number of ether oxygens (including phenoxy) is 1. The van der Waals surface area contributed by atoms with Crippen LogP contribution in [0.3, 0.4) is 0 Å². The lowest BCUT2D eigenvalue weighted by Crippen LogP contribution is -2.34. The van der Waals surface area contributed by atoms with E-state index in [2.05, 4.69) is 15.3 Å². The third-order valence-corrected chi connectivity index (χ3v) is 5.77.